The molecule has 0 aromatic carbocycles. The Kier molecular flexibility index (Phi) is 7.20. The van der Waals surface area contributed by atoms with E-state index in [4.69, 9.17) is 9.47 Å². The first-order valence-electron chi connectivity index (χ1n) is 7.49. The second kappa shape index (κ2) is 8.13. The highest BCUT2D eigenvalue weighted by Crippen LogP contribution is 2.35. The Morgan fingerprint density at radius 3 is 2.83 bits per heavy atom. The third-order valence-corrected chi connectivity index (χ3v) is 3.78. The van der Waals surface area contributed by atoms with E-state index in [-0.39, 0.29) is 11.7 Å². The van der Waals surface area contributed by atoms with Crippen molar-refractivity contribution < 1.29 is 9.47 Å². The second-order valence-electron chi connectivity index (χ2n) is 5.95. The Hall–Kier alpha value is -0.120. The van der Waals surface area contributed by atoms with Crippen molar-refractivity contribution in [2.45, 2.75) is 64.6 Å². The van der Waals surface area contributed by atoms with Gasteiger partial charge in [-0.05, 0) is 38.6 Å². The predicted octanol–water partition coefficient (Wildman–Crippen LogP) is 2.99. The van der Waals surface area contributed by atoms with Crippen LogP contribution in [0, 0.1) is 5.92 Å². The van der Waals surface area contributed by atoms with Crippen LogP contribution in [0.4, 0.5) is 0 Å². The zero-order valence-electron chi connectivity index (χ0n) is 12.6. The minimum absolute atomic E-state index is 0.0325. The maximum Gasteiger partial charge on any atom is 0.0813 e. The van der Waals surface area contributed by atoms with Crippen molar-refractivity contribution in [1.29, 1.82) is 0 Å². The van der Waals surface area contributed by atoms with E-state index >= 15 is 0 Å². The van der Waals surface area contributed by atoms with Crippen molar-refractivity contribution in [3.8, 4) is 0 Å². The second-order valence-corrected chi connectivity index (χ2v) is 5.95. The Labute approximate surface area is 113 Å². The maximum absolute atomic E-state index is 6.35. The van der Waals surface area contributed by atoms with Gasteiger partial charge in [-0.2, -0.15) is 0 Å². The topological polar surface area (TPSA) is 30.5 Å². The number of hydrogen-bond donors (Lipinski definition) is 1. The number of rotatable bonds is 8. The Morgan fingerprint density at radius 2 is 2.22 bits per heavy atom. The van der Waals surface area contributed by atoms with Crippen molar-refractivity contribution in [3.05, 3.63) is 0 Å². The van der Waals surface area contributed by atoms with Crippen LogP contribution in [0.2, 0.25) is 0 Å². The van der Waals surface area contributed by atoms with E-state index < -0.39 is 0 Å². The van der Waals surface area contributed by atoms with Crippen molar-refractivity contribution >= 4 is 0 Å². The van der Waals surface area contributed by atoms with Gasteiger partial charge >= 0.3 is 0 Å². The molecule has 0 heterocycles. The van der Waals surface area contributed by atoms with E-state index in [1.54, 1.807) is 7.11 Å². The van der Waals surface area contributed by atoms with Gasteiger partial charge in [0.25, 0.3) is 0 Å². The quantitative estimate of drug-likeness (QED) is 0.678. The molecule has 3 nitrogen and oxygen atoms in total. The highest BCUT2D eigenvalue weighted by molar-refractivity contribution is 4.90. The molecule has 0 aliphatic heterocycles. The standard InChI is InChI=1S/C15H31NO2/c1-5-9-16-12-15(18-14(3)11-17-4)8-6-7-13(2)10-15/h13-14,16H,5-12H2,1-4H3. The van der Waals surface area contributed by atoms with Crippen molar-refractivity contribution in [2.75, 3.05) is 26.8 Å². The summed E-state index contributed by atoms with van der Waals surface area (Å²) >= 11 is 0. The lowest BCUT2D eigenvalue weighted by molar-refractivity contribution is -0.130. The summed E-state index contributed by atoms with van der Waals surface area (Å²) in [6, 6.07) is 0. The zero-order valence-corrected chi connectivity index (χ0v) is 12.6. The van der Waals surface area contributed by atoms with Gasteiger partial charge in [0.1, 0.15) is 0 Å². The molecular formula is C15H31NO2. The summed E-state index contributed by atoms with van der Waals surface area (Å²) < 4.78 is 11.5. The van der Waals surface area contributed by atoms with Crippen molar-refractivity contribution in [3.63, 3.8) is 0 Å². The third kappa shape index (κ3) is 5.25. The molecule has 0 amide bonds. The van der Waals surface area contributed by atoms with Gasteiger partial charge in [0.15, 0.2) is 0 Å². The lowest BCUT2D eigenvalue weighted by atomic mass is 9.78. The number of nitrogens with one attached hydrogen (secondary N) is 1. The lowest BCUT2D eigenvalue weighted by Gasteiger charge is -2.42. The summed E-state index contributed by atoms with van der Waals surface area (Å²) in [7, 11) is 1.74. The summed E-state index contributed by atoms with van der Waals surface area (Å²) in [5, 5.41) is 3.55. The first kappa shape index (κ1) is 15.9. The summed E-state index contributed by atoms with van der Waals surface area (Å²) in [5.41, 5.74) is 0.0325. The van der Waals surface area contributed by atoms with Crippen LogP contribution in [0.5, 0.6) is 0 Å². The summed E-state index contributed by atoms with van der Waals surface area (Å²) in [4.78, 5) is 0. The fraction of sp³-hybridized carbons (Fsp3) is 1.00. The fourth-order valence-electron chi connectivity index (χ4n) is 3.11. The molecule has 0 aromatic rings. The highest BCUT2D eigenvalue weighted by atomic mass is 16.5. The zero-order chi connectivity index (χ0) is 13.4. The number of ether oxygens (including phenoxy) is 2. The average molecular weight is 257 g/mol. The molecule has 0 aromatic heterocycles. The molecule has 3 heteroatoms. The SMILES string of the molecule is CCCNCC1(OC(C)COC)CCCC(C)C1. The first-order chi connectivity index (χ1) is 8.62. The molecule has 18 heavy (non-hydrogen) atoms. The van der Waals surface area contributed by atoms with E-state index in [0.717, 1.165) is 19.0 Å². The van der Waals surface area contributed by atoms with E-state index in [1.165, 1.54) is 32.1 Å². The molecule has 1 fully saturated rings. The molecular weight excluding hydrogens is 226 g/mol. The van der Waals surface area contributed by atoms with E-state index in [9.17, 15) is 0 Å². The van der Waals surface area contributed by atoms with E-state index in [0.29, 0.717) is 6.61 Å². The van der Waals surface area contributed by atoms with Crippen LogP contribution in [-0.4, -0.2) is 38.5 Å². The smallest absolute Gasteiger partial charge is 0.0813 e. The van der Waals surface area contributed by atoms with Crippen LogP contribution in [0.3, 0.4) is 0 Å². The van der Waals surface area contributed by atoms with Gasteiger partial charge in [-0.3, -0.25) is 0 Å². The fourth-order valence-corrected chi connectivity index (χ4v) is 3.11. The molecule has 0 saturated heterocycles. The molecule has 3 atom stereocenters. The predicted molar refractivity (Wildman–Crippen MR) is 75.9 cm³/mol. The molecule has 1 aliphatic carbocycles. The van der Waals surface area contributed by atoms with E-state index in [1.807, 2.05) is 0 Å². The Bertz CT molecular complexity index is 223. The largest absolute Gasteiger partial charge is 0.382 e. The van der Waals surface area contributed by atoms with Gasteiger partial charge in [0, 0.05) is 13.7 Å². The van der Waals surface area contributed by atoms with Gasteiger partial charge in [0.05, 0.1) is 18.3 Å². The minimum atomic E-state index is 0.0325. The average Bonchev–Trinajstić information content (AvgIpc) is 2.29. The monoisotopic (exact) mass is 257 g/mol. The maximum atomic E-state index is 6.35. The number of hydrogen-bond acceptors (Lipinski definition) is 3. The molecule has 0 bridgehead atoms. The van der Waals surface area contributed by atoms with Gasteiger partial charge in [-0.25, -0.2) is 0 Å². The van der Waals surface area contributed by atoms with Gasteiger partial charge < -0.3 is 14.8 Å². The molecule has 0 radical (unpaired) electrons. The van der Waals surface area contributed by atoms with Crippen molar-refractivity contribution in [2.24, 2.45) is 5.92 Å². The van der Waals surface area contributed by atoms with Crippen LogP contribution in [0.15, 0.2) is 0 Å². The molecule has 1 saturated carbocycles. The van der Waals surface area contributed by atoms with Gasteiger partial charge in [-0.15, -0.1) is 0 Å². The van der Waals surface area contributed by atoms with Crippen LogP contribution in [-0.2, 0) is 9.47 Å². The third-order valence-electron chi connectivity index (χ3n) is 3.78. The van der Waals surface area contributed by atoms with Gasteiger partial charge in [-0.1, -0.05) is 26.7 Å². The summed E-state index contributed by atoms with van der Waals surface area (Å²) in [6.45, 7) is 9.42. The summed E-state index contributed by atoms with van der Waals surface area (Å²) in [5.74, 6) is 0.775. The summed E-state index contributed by atoms with van der Waals surface area (Å²) in [6.07, 6.45) is 6.36. The Morgan fingerprint density at radius 1 is 1.44 bits per heavy atom. The van der Waals surface area contributed by atoms with Crippen LogP contribution in [0.1, 0.15) is 52.9 Å². The van der Waals surface area contributed by atoms with Crippen LogP contribution >= 0.6 is 0 Å². The normalized spacial score (nSPS) is 30.3. The Balaban J connectivity index is 2.54. The molecule has 1 aliphatic rings. The van der Waals surface area contributed by atoms with E-state index in [2.05, 4.69) is 26.1 Å². The highest BCUT2D eigenvalue weighted by Gasteiger charge is 2.36. The van der Waals surface area contributed by atoms with Crippen LogP contribution < -0.4 is 5.32 Å². The molecule has 1 rings (SSSR count). The molecule has 0 spiro atoms. The molecule has 3 unspecified atom stereocenters. The number of methoxy groups -OCH3 is 1. The van der Waals surface area contributed by atoms with Crippen LogP contribution in [0.25, 0.3) is 0 Å². The van der Waals surface area contributed by atoms with Gasteiger partial charge in [0.2, 0.25) is 0 Å². The first-order valence-corrected chi connectivity index (χ1v) is 7.49. The molecule has 108 valence electrons. The minimum Gasteiger partial charge on any atom is -0.382 e. The van der Waals surface area contributed by atoms with Crippen molar-refractivity contribution in [1.82, 2.24) is 5.32 Å². The lowest BCUT2D eigenvalue weighted by Crippen LogP contribution is -2.48. The molecule has 1 N–H and O–H groups in total.